The summed E-state index contributed by atoms with van der Waals surface area (Å²) in [6.07, 6.45) is 8.81. The fraction of sp³-hybridized carbons (Fsp3) is 0.548. The van der Waals surface area contributed by atoms with Crippen molar-refractivity contribution < 1.29 is 24.2 Å². The first-order valence-electron chi connectivity index (χ1n) is 15.0. The van der Waals surface area contributed by atoms with Gasteiger partial charge in [0.2, 0.25) is 5.91 Å². The van der Waals surface area contributed by atoms with Gasteiger partial charge in [0.15, 0.2) is 11.5 Å². The van der Waals surface area contributed by atoms with E-state index < -0.39 is 11.9 Å². The van der Waals surface area contributed by atoms with Crippen molar-refractivity contribution in [1.82, 2.24) is 10.3 Å². The number of benzene rings is 1. The number of rotatable bonds is 23. The molecule has 11 nitrogen and oxygen atoms in total. The average Bonchev–Trinajstić information content (AvgIpc) is 2.97. The van der Waals surface area contributed by atoms with E-state index >= 15 is 0 Å². The van der Waals surface area contributed by atoms with Crippen molar-refractivity contribution in [2.45, 2.75) is 83.5 Å². The van der Waals surface area contributed by atoms with E-state index in [0.29, 0.717) is 37.4 Å². The zero-order chi connectivity index (χ0) is 32.2. The van der Waals surface area contributed by atoms with E-state index in [-0.39, 0.29) is 47.5 Å². The number of carboxylic acid groups (broad SMARTS) is 1. The minimum atomic E-state index is -1.06. The molecule has 44 heavy (non-hydrogen) atoms. The third-order valence-electron chi connectivity index (χ3n) is 6.88. The largest absolute Gasteiger partial charge is 0.490 e. The van der Waals surface area contributed by atoms with Crippen LogP contribution in [0.25, 0.3) is 10.4 Å². The van der Waals surface area contributed by atoms with Crippen LogP contribution in [-0.4, -0.2) is 54.0 Å². The Kier molecular flexibility index (Phi) is 17.7. The minimum Gasteiger partial charge on any atom is -0.490 e. The lowest BCUT2D eigenvalue weighted by Gasteiger charge is -2.18. The van der Waals surface area contributed by atoms with Crippen molar-refractivity contribution in [2.24, 2.45) is 5.11 Å². The Labute approximate surface area is 268 Å². The summed E-state index contributed by atoms with van der Waals surface area (Å²) in [4.78, 5) is 43.5. The predicted octanol–water partition coefficient (Wildman–Crippen LogP) is 7.64. The molecular weight excluding hydrogens is 607 g/mol. The topological polar surface area (TPSA) is 166 Å². The number of Topliss-reactive ketones (excluding diaryl/α,β-unsaturated/α-hetero) is 1. The molecule has 1 heterocycles. The number of aliphatic carboxylic acids is 1. The smallest absolute Gasteiger partial charge is 0.303 e. The summed E-state index contributed by atoms with van der Waals surface area (Å²) in [5, 5.41) is 19.3. The minimum absolute atomic E-state index is 0.0876. The van der Waals surface area contributed by atoms with E-state index in [1.165, 1.54) is 0 Å². The fourth-order valence-electron chi connectivity index (χ4n) is 4.57. The number of carbonyl (C=O) groups is 3. The summed E-state index contributed by atoms with van der Waals surface area (Å²) in [5.41, 5.74) is 9.91. The van der Waals surface area contributed by atoms with Crippen LogP contribution >= 0.6 is 23.2 Å². The summed E-state index contributed by atoms with van der Waals surface area (Å²) in [5.74, 6) is -1.14. The second kappa shape index (κ2) is 21.2. The van der Waals surface area contributed by atoms with Crippen molar-refractivity contribution in [2.75, 3.05) is 31.6 Å². The SMILES string of the molecule is Cc1ccnc(NCCCCC(=O)NCC(=O)CC(CC(=O)O)c2cc(Cl)c(OCCCCCCCCN=[N+]=[N-])c(Cl)c2)c1. The highest BCUT2D eigenvalue weighted by molar-refractivity contribution is 6.37. The number of carbonyl (C=O) groups excluding carboxylic acids is 2. The molecule has 0 aliphatic carbocycles. The molecule has 2 rings (SSSR count). The maximum atomic E-state index is 12.7. The van der Waals surface area contributed by atoms with Crippen LogP contribution in [0.4, 0.5) is 5.82 Å². The third kappa shape index (κ3) is 15.3. The molecule has 13 heteroatoms. The number of hydrogen-bond acceptors (Lipinski definition) is 7. The van der Waals surface area contributed by atoms with Crippen molar-refractivity contribution in [3.63, 3.8) is 0 Å². The van der Waals surface area contributed by atoms with Crippen LogP contribution in [0, 0.1) is 6.92 Å². The van der Waals surface area contributed by atoms with Crippen LogP contribution in [-0.2, 0) is 14.4 Å². The van der Waals surface area contributed by atoms with Crippen LogP contribution in [0.2, 0.25) is 10.0 Å². The number of carboxylic acids is 1. The van der Waals surface area contributed by atoms with Crippen molar-refractivity contribution >= 4 is 46.7 Å². The van der Waals surface area contributed by atoms with Gasteiger partial charge >= 0.3 is 5.97 Å². The molecule has 1 aromatic heterocycles. The molecule has 0 radical (unpaired) electrons. The number of unbranched alkanes of at least 4 members (excludes halogenated alkanes) is 6. The summed E-state index contributed by atoms with van der Waals surface area (Å²) in [6, 6.07) is 7.05. The summed E-state index contributed by atoms with van der Waals surface area (Å²) < 4.78 is 5.81. The number of hydrogen-bond donors (Lipinski definition) is 3. The Hall–Kier alpha value is -3.53. The van der Waals surface area contributed by atoms with E-state index in [4.69, 9.17) is 33.5 Å². The number of nitrogens with zero attached hydrogens (tertiary/aromatic N) is 4. The number of halogens is 2. The maximum Gasteiger partial charge on any atom is 0.303 e. The number of ether oxygens (including phenoxy) is 1. The van der Waals surface area contributed by atoms with Crippen molar-refractivity contribution in [3.05, 3.63) is 62.1 Å². The van der Waals surface area contributed by atoms with E-state index in [1.54, 1.807) is 18.3 Å². The highest BCUT2D eigenvalue weighted by atomic mass is 35.5. The third-order valence-corrected chi connectivity index (χ3v) is 7.45. The molecule has 0 aliphatic heterocycles. The number of nitrogens with one attached hydrogen (secondary N) is 2. The van der Waals surface area contributed by atoms with Crippen LogP contribution in [0.15, 0.2) is 35.6 Å². The second-order valence-corrected chi connectivity index (χ2v) is 11.5. The van der Waals surface area contributed by atoms with Gasteiger partial charge in [-0.2, -0.15) is 0 Å². The van der Waals surface area contributed by atoms with Gasteiger partial charge < -0.3 is 20.5 Å². The lowest BCUT2D eigenvalue weighted by atomic mass is 9.90. The van der Waals surface area contributed by atoms with Gasteiger partial charge in [0.25, 0.3) is 0 Å². The van der Waals surface area contributed by atoms with Crippen molar-refractivity contribution in [3.8, 4) is 5.75 Å². The van der Waals surface area contributed by atoms with Gasteiger partial charge in [0.05, 0.1) is 29.6 Å². The van der Waals surface area contributed by atoms with Gasteiger partial charge in [-0.05, 0) is 73.5 Å². The Balaban J connectivity index is 1.76. The maximum absolute atomic E-state index is 12.7. The van der Waals surface area contributed by atoms with Gasteiger partial charge in [-0.25, -0.2) is 4.98 Å². The number of pyridine rings is 1. The van der Waals surface area contributed by atoms with Crippen LogP contribution in [0.5, 0.6) is 5.75 Å². The molecule has 3 N–H and O–H groups in total. The first kappa shape index (κ1) is 36.7. The highest BCUT2D eigenvalue weighted by Crippen LogP contribution is 2.38. The molecule has 240 valence electrons. The summed E-state index contributed by atoms with van der Waals surface area (Å²) in [6.45, 7) is 3.43. The van der Waals surface area contributed by atoms with Crippen LogP contribution in [0.1, 0.15) is 87.7 Å². The lowest BCUT2D eigenvalue weighted by Crippen LogP contribution is -2.30. The molecule has 1 aromatic carbocycles. The Morgan fingerprint density at radius 2 is 1.73 bits per heavy atom. The Bertz CT molecular complexity index is 1250. The van der Waals surface area contributed by atoms with Crippen LogP contribution < -0.4 is 15.4 Å². The first-order valence-corrected chi connectivity index (χ1v) is 15.7. The van der Waals surface area contributed by atoms with Crippen LogP contribution in [0.3, 0.4) is 0 Å². The molecule has 1 atom stereocenters. The Morgan fingerprint density at radius 3 is 2.41 bits per heavy atom. The molecule has 0 aliphatic rings. The molecule has 0 spiro atoms. The summed E-state index contributed by atoms with van der Waals surface area (Å²) >= 11 is 12.9. The molecule has 1 unspecified atom stereocenters. The molecule has 0 saturated carbocycles. The van der Waals surface area contributed by atoms with Gasteiger partial charge in [0, 0.05) is 43.0 Å². The average molecular weight is 650 g/mol. The molecular formula is C31H42Cl2N6O5. The Morgan fingerprint density at radius 1 is 1.02 bits per heavy atom. The molecule has 0 bridgehead atoms. The molecule has 2 aromatic rings. The lowest BCUT2D eigenvalue weighted by molar-refractivity contribution is -0.137. The number of ketones is 1. The monoisotopic (exact) mass is 648 g/mol. The van der Waals surface area contributed by atoms with Gasteiger partial charge in [-0.1, -0.05) is 54.0 Å². The number of azide groups is 1. The molecule has 0 saturated heterocycles. The predicted molar refractivity (Wildman–Crippen MR) is 173 cm³/mol. The standard InChI is InChI=1S/C31H42Cl2N6O5/c1-22-11-14-36-28(16-22)35-12-8-6-10-29(41)37-21-25(40)17-23(20-30(42)43)24-18-26(32)31(27(33)19-24)44-15-9-5-3-2-4-7-13-38-39-34/h11,14,16,18-19,23H,2-10,12-13,15,17,20-21H2,1H3,(H,35,36)(H,37,41)(H,42,43). The number of anilines is 1. The zero-order valence-electron chi connectivity index (χ0n) is 25.2. The van der Waals surface area contributed by atoms with E-state index in [9.17, 15) is 19.5 Å². The van der Waals surface area contributed by atoms with Gasteiger partial charge in [-0.3, -0.25) is 14.4 Å². The van der Waals surface area contributed by atoms with Gasteiger partial charge in [0.1, 0.15) is 5.82 Å². The van der Waals surface area contributed by atoms with E-state index in [0.717, 1.165) is 56.3 Å². The quantitative estimate of drug-likeness (QED) is 0.0481. The van der Waals surface area contributed by atoms with Gasteiger partial charge in [-0.15, -0.1) is 0 Å². The first-order chi connectivity index (χ1) is 21.2. The highest BCUT2D eigenvalue weighted by Gasteiger charge is 2.22. The second-order valence-electron chi connectivity index (χ2n) is 10.7. The normalized spacial score (nSPS) is 11.3. The zero-order valence-corrected chi connectivity index (χ0v) is 26.7. The van der Waals surface area contributed by atoms with Crippen molar-refractivity contribution in [1.29, 1.82) is 0 Å². The van der Waals surface area contributed by atoms with E-state index in [1.807, 2.05) is 19.1 Å². The fourth-order valence-corrected chi connectivity index (χ4v) is 5.19. The number of aryl methyl sites for hydroxylation is 1. The summed E-state index contributed by atoms with van der Waals surface area (Å²) in [7, 11) is 0. The number of aromatic nitrogens is 1. The molecule has 1 amide bonds. The van der Waals surface area contributed by atoms with E-state index in [2.05, 4.69) is 25.6 Å². The number of amides is 1. The molecule has 0 fully saturated rings.